The summed E-state index contributed by atoms with van der Waals surface area (Å²) in [4.78, 5) is 11.0. The SMILES string of the molecule is CC(=O)OC(C)c1ccc2cc3ccccc3cc2c1. The van der Waals surface area contributed by atoms with Crippen molar-refractivity contribution in [3.05, 3.63) is 60.2 Å². The van der Waals surface area contributed by atoms with Crippen LogP contribution >= 0.6 is 0 Å². The Morgan fingerprint density at radius 1 is 0.900 bits per heavy atom. The smallest absolute Gasteiger partial charge is 0.303 e. The van der Waals surface area contributed by atoms with E-state index < -0.39 is 0 Å². The minimum absolute atomic E-state index is 0.219. The zero-order valence-electron chi connectivity index (χ0n) is 11.6. The second-order valence-electron chi connectivity index (χ2n) is 5.06. The highest BCUT2D eigenvalue weighted by molar-refractivity contribution is 5.98. The third-order valence-corrected chi connectivity index (χ3v) is 3.54. The van der Waals surface area contributed by atoms with Gasteiger partial charge in [-0.3, -0.25) is 4.79 Å². The lowest BCUT2D eigenvalue weighted by Gasteiger charge is -2.13. The Bertz CT molecular complexity index is 790. The van der Waals surface area contributed by atoms with Crippen LogP contribution in [0.5, 0.6) is 0 Å². The number of esters is 1. The predicted molar refractivity (Wildman–Crippen MR) is 81.6 cm³/mol. The molecule has 3 aromatic rings. The minimum Gasteiger partial charge on any atom is -0.458 e. The van der Waals surface area contributed by atoms with Crippen molar-refractivity contribution in [1.29, 1.82) is 0 Å². The van der Waals surface area contributed by atoms with E-state index in [1.165, 1.54) is 28.5 Å². The lowest BCUT2D eigenvalue weighted by Crippen LogP contribution is -2.04. The summed E-state index contributed by atoms with van der Waals surface area (Å²) in [5.74, 6) is -0.254. The van der Waals surface area contributed by atoms with E-state index in [0.29, 0.717) is 0 Å². The Kier molecular flexibility index (Phi) is 3.15. The fourth-order valence-electron chi connectivity index (χ4n) is 2.53. The largest absolute Gasteiger partial charge is 0.458 e. The molecule has 2 heteroatoms. The first-order valence-electron chi connectivity index (χ1n) is 6.73. The minimum atomic E-state index is -0.254. The summed E-state index contributed by atoms with van der Waals surface area (Å²) in [6, 6.07) is 18.9. The van der Waals surface area contributed by atoms with Crippen LogP contribution in [-0.4, -0.2) is 5.97 Å². The van der Waals surface area contributed by atoms with Crippen LogP contribution < -0.4 is 0 Å². The van der Waals surface area contributed by atoms with Crippen LogP contribution in [0, 0.1) is 0 Å². The van der Waals surface area contributed by atoms with Crippen LogP contribution in [0.4, 0.5) is 0 Å². The Morgan fingerprint density at radius 2 is 1.50 bits per heavy atom. The van der Waals surface area contributed by atoms with Crippen LogP contribution in [0.25, 0.3) is 21.5 Å². The molecule has 0 saturated heterocycles. The summed E-state index contributed by atoms with van der Waals surface area (Å²) >= 11 is 0. The average molecular weight is 264 g/mol. The van der Waals surface area contributed by atoms with Gasteiger partial charge in [-0.1, -0.05) is 36.4 Å². The summed E-state index contributed by atoms with van der Waals surface area (Å²) < 4.78 is 5.23. The van der Waals surface area contributed by atoms with Gasteiger partial charge in [0.25, 0.3) is 0 Å². The van der Waals surface area contributed by atoms with Crippen molar-refractivity contribution in [2.24, 2.45) is 0 Å². The van der Waals surface area contributed by atoms with Crippen molar-refractivity contribution >= 4 is 27.5 Å². The highest BCUT2D eigenvalue weighted by atomic mass is 16.5. The molecule has 0 aliphatic heterocycles. The molecule has 3 aromatic carbocycles. The van der Waals surface area contributed by atoms with E-state index in [4.69, 9.17) is 4.74 Å². The zero-order valence-corrected chi connectivity index (χ0v) is 11.6. The van der Waals surface area contributed by atoms with E-state index in [0.717, 1.165) is 5.56 Å². The summed E-state index contributed by atoms with van der Waals surface area (Å²) in [7, 11) is 0. The number of rotatable bonds is 2. The standard InChI is InChI=1S/C18H16O2/c1-12(20-13(2)19)14-7-8-17-10-15-5-3-4-6-16(15)11-18(17)9-14/h3-12H,1-2H3. The lowest BCUT2D eigenvalue weighted by molar-refractivity contribution is -0.145. The van der Waals surface area contributed by atoms with E-state index in [9.17, 15) is 4.79 Å². The quantitative estimate of drug-likeness (QED) is 0.499. The van der Waals surface area contributed by atoms with E-state index in [1.54, 1.807) is 0 Å². The zero-order chi connectivity index (χ0) is 14.1. The highest BCUT2D eigenvalue weighted by Crippen LogP contribution is 2.26. The second kappa shape index (κ2) is 4.97. The molecule has 0 spiro atoms. The number of ether oxygens (including phenoxy) is 1. The van der Waals surface area contributed by atoms with Crippen LogP contribution in [0.1, 0.15) is 25.5 Å². The fraction of sp³-hybridized carbons (Fsp3) is 0.167. The molecule has 0 amide bonds. The first-order valence-corrected chi connectivity index (χ1v) is 6.73. The van der Waals surface area contributed by atoms with E-state index in [1.807, 2.05) is 25.1 Å². The Balaban J connectivity index is 2.10. The van der Waals surface area contributed by atoms with Crippen molar-refractivity contribution in [3.8, 4) is 0 Å². The van der Waals surface area contributed by atoms with E-state index in [2.05, 4.69) is 36.4 Å². The molecular formula is C18H16O2. The summed E-state index contributed by atoms with van der Waals surface area (Å²) in [5.41, 5.74) is 1.02. The molecule has 2 nitrogen and oxygen atoms in total. The Hall–Kier alpha value is -2.35. The van der Waals surface area contributed by atoms with Crippen LogP contribution in [0.2, 0.25) is 0 Å². The molecule has 100 valence electrons. The van der Waals surface area contributed by atoms with Gasteiger partial charge in [-0.05, 0) is 52.2 Å². The molecule has 0 heterocycles. The summed E-state index contributed by atoms with van der Waals surface area (Å²) in [5, 5.41) is 4.82. The van der Waals surface area contributed by atoms with Gasteiger partial charge in [0.15, 0.2) is 0 Å². The van der Waals surface area contributed by atoms with Gasteiger partial charge in [0.1, 0.15) is 6.10 Å². The van der Waals surface area contributed by atoms with Gasteiger partial charge in [0, 0.05) is 6.92 Å². The molecule has 0 bridgehead atoms. The molecule has 0 aromatic heterocycles. The number of fused-ring (bicyclic) bond motifs is 2. The molecule has 3 rings (SSSR count). The molecule has 20 heavy (non-hydrogen) atoms. The van der Waals surface area contributed by atoms with Gasteiger partial charge in [0.2, 0.25) is 0 Å². The predicted octanol–water partition coefficient (Wildman–Crippen LogP) is 4.62. The number of hydrogen-bond donors (Lipinski definition) is 0. The van der Waals surface area contributed by atoms with Gasteiger partial charge in [-0.2, -0.15) is 0 Å². The van der Waals surface area contributed by atoms with Crippen molar-refractivity contribution in [2.75, 3.05) is 0 Å². The first kappa shape index (κ1) is 12.7. The van der Waals surface area contributed by atoms with Crippen molar-refractivity contribution < 1.29 is 9.53 Å². The molecule has 1 atom stereocenters. The fourth-order valence-corrected chi connectivity index (χ4v) is 2.53. The maximum absolute atomic E-state index is 11.0. The van der Waals surface area contributed by atoms with Gasteiger partial charge in [0.05, 0.1) is 0 Å². The van der Waals surface area contributed by atoms with Gasteiger partial charge >= 0.3 is 5.97 Å². The average Bonchev–Trinajstić information content (AvgIpc) is 2.43. The third-order valence-electron chi connectivity index (χ3n) is 3.54. The van der Waals surface area contributed by atoms with Crippen LogP contribution in [0.15, 0.2) is 54.6 Å². The van der Waals surface area contributed by atoms with E-state index in [-0.39, 0.29) is 12.1 Å². The molecule has 0 aliphatic carbocycles. The number of hydrogen-bond acceptors (Lipinski definition) is 2. The molecule has 0 N–H and O–H groups in total. The normalized spacial score (nSPS) is 12.5. The maximum atomic E-state index is 11.0. The molecule has 0 aliphatic rings. The van der Waals surface area contributed by atoms with Crippen molar-refractivity contribution in [3.63, 3.8) is 0 Å². The molecular weight excluding hydrogens is 248 g/mol. The maximum Gasteiger partial charge on any atom is 0.303 e. The summed E-state index contributed by atoms with van der Waals surface area (Å²) in [6.45, 7) is 3.33. The Labute approximate surface area is 118 Å². The lowest BCUT2D eigenvalue weighted by atomic mass is 10.0. The molecule has 0 radical (unpaired) electrons. The first-order chi connectivity index (χ1) is 9.63. The van der Waals surface area contributed by atoms with Crippen LogP contribution in [-0.2, 0) is 9.53 Å². The second-order valence-corrected chi connectivity index (χ2v) is 5.06. The Morgan fingerprint density at radius 3 is 2.15 bits per heavy atom. The topological polar surface area (TPSA) is 26.3 Å². The molecule has 1 unspecified atom stereocenters. The van der Waals surface area contributed by atoms with Gasteiger partial charge in [-0.15, -0.1) is 0 Å². The monoisotopic (exact) mass is 264 g/mol. The third kappa shape index (κ3) is 2.37. The molecule has 0 fully saturated rings. The van der Waals surface area contributed by atoms with Crippen molar-refractivity contribution in [2.45, 2.75) is 20.0 Å². The highest BCUT2D eigenvalue weighted by Gasteiger charge is 2.09. The number of benzene rings is 3. The van der Waals surface area contributed by atoms with E-state index >= 15 is 0 Å². The summed E-state index contributed by atoms with van der Waals surface area (Å²) in [6.07, 6.45) is -0.219. The van der Waals surface area contributed by atoms with Gasteiger partial charge in [-0.25, -0.2) is 0 Å². The van der Waals surface area contributed by atoms with Gasteiger partial charge < -0.3 is 4.74 Å². The van der Waals surface area contributed by atoms with Crippen LogP contribution in [0.3, 0.4) is 0 Å². The molecule has 0 saturated carbocycles. The van der Waals surface area contributed by atoms with Crippen molar-refractivity contribution in [1.82, 2.24) is 0 Å². The number of carbonyl (C=O) groups excluding carboxylic acids is 1. The number of carbonyl (C=O) groups is 1.